The Morgan fingerprint density at radius 1 is 1.06 bits per heavy atom. The van der Waals surface area contributed by atoms with Gasteiger partial charge in [0.25, 0.3) is 5.56 Å². The minimum absolute atomic E-state index is 0.0246. The highest BCUT2D eigenvalue weighted by Crippen LogP contribution is 2.43. The predicted molar refractivity (Wildman–Crippen MR) is 125 cm³/mol. The van der Waals surface area contributed by atoms with Gasteiger partial charge in [0, 0.05) is 20.6 Å². The van der Waals surface area contributed by atoms with Gasteiger partial charge in [0.2, 0.25) is 0 Å². The van der Waals surface area contributed by atoms with Crippen LogP contribution < -0.4 is 16.0 Å². The number of aromatic hydroxyl groups is 1. The van der Waals surface area contributed by atoms with Gasteiger partial charge in [0.1, 0.15) is 6.10 Å². The van der Waals surface area contributed by atoms with Crippen LogP contribution in [0.1, 0.15) is 24.3 Å². The summed E-state index contributed by atoms with van der Waals surface area (Å²) in [6.45, 7) is 2.50. The first-order valence-corrected chi connectivity index (χ1v) is 10.7. The van der Waals surface area contributed by atoms with E-state index in [0.29, 0.717) is 23.2 Å². The molecule has 1 aliphatic rings. The molecular formula is C25H25N3O5. The van der Waals surface area contributed by atoms with Crippen molar-refractivity contribution in [2.45, 2.75) is 25.7 Å². The van der Waals surface area contributed by atoms with E-state index in [1.54, 1.807) is 25.2 Å². The second-order valence-electron chi connectivity index (χ2n) is 8.40. The van der Waals surface area contributed by atoms with Gasteiger partial charge in [-0.05, 0) is 30.2 Å². The highest BCUT2D eigenvalue weighted by Gasteiger charge is 2.35. The second-order valence-corrected chi connectivity index (χ2v) is 8.40. The molecule has 0 fully saturated rings. The van der Waals surface area contributed by atoms with Gasteiger partial charge >= 0.3 is 5.69 Å². The van der Waals surface area contributed by atoms with Crippen LogP contribution in [0.5, 0.6) is 11.5 Å². The van der Waals surface area contributed by atoms with Crippen LogP contribution >= 0.6 is 0 Å². The second kappa shape index (κ2) is 7.67. The zero-order valence-corrected chi connectivity index (χ0v) is 18.9. The molecule has 1 N–H and O–H groups in total. The smallest absolute Gasteiger partial charge is 0.331 e. The number of aryl methyl sites for hydroxylation is 1. The lowest BCUT2D eigenvalue weighted by molar-refractivity contribution is -0.0143. The molecule has 0 radical (unpaired) electrons. The van der Waals surface area contributed by atoms with Gasteiger partial charge in [0.05, 0.1) is 35.5 Å². The summed E-state index contributed by atoms with van der Waals surface area (Å²) in [6.07, 6.45) is -0.728. The SMILES string of the molecule is COc1cc([C@H]2O[C@H](C)Cn3c(-c4ccccc4)c4c(=O)n(C)c(=O)n(C)c4c32)ccc1O. The van der Waals surface area contributed by atoms with Crippen molar-refractivity contribution in [3.63, 3.8) is 0 Å². The van der Waals surface area contributed by atoms with Gasteiger partial charge in [-0.2, -0.15) is 0 Å². The molecule has 0 bridgehead atoms. The summed E-state index contributed by atoms with van der Waals surface area (Å²) in [5.74, 6) is 0.349. The molecule has 2 aromatic carbocycles. The van der Waals surface area contributed by atoms with Crippen LogP contribution in [0.2, 0.25) is 0 Å². The first kappa shape index (κ1) is 21.1. The number of nitrogens with zero attached hydrogens (tertiary/aromatic N) is 3. The lowest BCUT2D eigenvalue weighted by Gasteiger charge is -2.32. The predicted octanol–water partition coefficient (Wildman–Crippen LogP) is 2.93. The maximum absolute atomic E-state index is 13.4. The van der Waals surface area contributed by atoms with Gasteiger partial charge in [-0.25, -0.2) is 4.79 Å². The van der Waals surface area contributed by atoms with E-state index in [4.69, 9.17) is 9.47 Å². The zero-order chi connectivity index (χ0) is 23.4. The Balaban J connectivity index is 1.93. The highest BCUT2D eigenvalue weighted by atomic mass is 16.5. The number of phenols is 1. The molecule has 0 saturated heterocycles. The Bertz CT molecular complexity index is 1500. The van der Waals surface area contributed by atoms with E-state index in [9.17, 15) is 14.7 Å². The summed E-state index contributed by atoms with van der Waals surface area (Å²) in [7, 11) is 4.66. The normalized spacial score (nSPS) is 17.8. The monoisotopic (exact) mass is 447 g/mol. The lowest BCUT2D eigenvalue weighted by Crippen LogP contribution is -2.37. The summed E-state index contributed by atoms with van der Waals surface area (Å²) in [5, 5.41) is 10.6. The van der Waals surface area contributed by atoms with Crippen LogP contribution in [0.25, 0.3) is 22.2 Å². The van der Waals surface area contributed by atoms with Gasteiger partial charge in [-0.3, -0.25) is 13.9 Å². The fourth-order valence-corrected chi connectivity index (χ4v) is 4.78. The van der Waals surface area contributed by atoms with Crippen molar-refractivity contribution in [3.8, 4) is 22.8 Å². The first-order chi connectivity index (χ1) is 15.8. The number of phenolic OH excluding ortho intramolecular Hbond substituents is 1. The van der Waals surface area contributed by atoms with Gasteiger partial charge in [-0.1, -0.05) is 36.4 Å². The molecule has 2 atom stereocenters. The van der Waals surface area contributed by atoms with Crippen molar-refractivity contribution >= 4 is 10.9 Å². The van der Waals surface area contributed by atoms with E-state index in [-0.39, 0.29) is 17.4 Å². The Kier molecular flexibility index (Phi) is 4.90. The molecule has 5 rings (SSSR count). The molecule has 0 unspecified atom stereocenters. The Hall–Kier alpha value is -3.78. The summed E-state index contributed by atoms with van der Waals surface area (Å²) < 4.78 is 16.4. The minimum Gasteiger partial charge on any atom is -0.504 e. The van der Waals surface area contributed by atoms with E-state index in [1.165, 1.54) is 18.7 Å². The van der Waals surface area contributed by atoms with Gasteiger partial charge in [-0.15, -0.1) is 0 Å². The average molecular weight is 447 g/mol. The molecule has 0 spiro atoms. The fourth-order valence-electron chi connectivity index (χ4n) is 4.78. The molecule has 1 aliphatic heterocycles. The number of aromatic nitrogens is 3. The number of benzene rings is 2. The third-order valence-electron chi connectivity index (χ3n) is 6.31. The van der Waals surface area contributed by atoms with Crippen molar-refractivity contribution in [3.05, 3.63) is 80.6 Å². The minimum atomic E-state index is -0.569. The molecule has 170 valence electrons. The molecule has 0 amide bonds. The van der Waals surface area contributed by atoms with Crippen molar-refractivity contribution in [2.24, 2.45) is 14.1 Å². The van der Waals surface area contributed by atoms with E-state index in [0.717, 1.165) is 27.1 Å². The van der Waals surface area contributed by atoms with Gasteiger partial charge in [0.15, 0.2) is 11.5 Å². The summed E-state index contributed by atoms with van der Waals surface area (Å²) in [6, 6.07) is 14.8. The molecule has 3 heterocycles. The molecule has 4 aromatic rings. The number of hydrogen-bond donors (Lipinski definition) is 1. The summed E-state index contributed by atoms with van der Waals surface area (Å²) in [5.41, 5.74) is 2.94. The Morgan fingerprint density at radius 2 is 1.79 bits per heavy atom. The van der Waals surface area contributed by atoms with E-state index >= 15 is 0 Å². The van der Waals surface area contributed by atoms with E-state index in [2.05, 4.69) is 4.57 Å². The summed E-state index contributed by atoms with van der Waals surface area (Å²) >= 11 is 0. The number of fused-ring (bicyclic) bond motifs is 3. The van der Waals surface area contributed by atoms with E-state index in [1.807, 2.05) is 37.3 Å². The standard InChI is InChI=1S/C25H25N3O5/c1-14-13-28-20(15-8-6-5-7-9-15)19-21(26(2)25(31)27(3)24(19)30)22(28)23(33-14)16-10-11-17(29)18(12-16)32-4/h5-12,14,23,29H,13H2,1-4H3/t14-,23-/m1/s1. The van der Waals surface area contributed by atoms with Crippen LogP contribution in [-0.2, 0) is 25.4 Å². The molecule has 0 aliphatic carbocycles. The molecular weight excluding hydrogens is 422 g/mol. The van der Waals surface area contributed by atoms with Crippen LogP contribution in [0, 0.1) is 0 Å². The topological polar surface area (TPSA) is 87.6 Å². The van der Waals surface area contributed by atoms with Crippen molar-refractivity contribution in [2.75, 3.05) is 7.11 Å². The largest absolute Gasteiger partial charge is 0.504 e. The molecule has 8 heteroatoms. The quantitative estimate of drug-likeness (QED) is 0.522. The van der Waals surface area contributed by atoms with Crippen molar-refractivity contribution in [1.82, 2.24) is 13.7 Å². The van der Waals surface area contributed by atoms with Crippen molar-refractivity contribution in [1.29, 1.82) is 0 Å². The molecule has 33 heavy (non-hydrogen) atoms. The Labute approximate surface area is 189 Å². The van der Waals surface area contributed by atoms with Gasteiger partial charge < -0.3 is 19.1 Å². The average Bonchev–Trinajstić information content (AvgIpc) is 3.16. The fraction of sp³-hybridized carbons (Fsp3) is 0.280. The number of hydrogen-bond acceptors (Lipinski definition) is 5. The Morgan fingerprint density at radius 3 is 2.48 bits per heavy atom. The number of rotatable bonds is 3. The van der Waals surface area contributed by atoms with Crippen LogP contribution in [0.4, 0.5) is 0 Å². The van der Waals surface area contributed by atoms with Crippen LogP contribution in [0.3, 0.4) is 0 Å². The number of ether oxygens (including phenoxy) is 2. The summed E-state index contributed by atoms with van der Waals surface area (Å²) in [4.78, 5) is 26.3. The molecule has 2 aromatic heterocycles. The van der Waals surface area contributed by atoms with E-state index < -0.39 is 11.8 Å². The molecule has 0 saturated carbocycles. The maximum Gasteiger partial charge on any atom is 0.331 e. The molecule has 8 nitrogen and oxygen atoms in total. The van der Waals surface area contributed by atoms with Crippen molar-refractivity contribution < 1.29 is 14.6 Å². The number of methoxy groups -OCH3 is 1. The maximum atomic E-state index is 13.4. The highest BCUT2D eigenvalue weighted by molar-refractivity contribution is 5.96. The third kappa shape index (κ3) is 3.09. The van der Waals surface area contributed by atoms with Crippen LogP contribution in [0.15, 0.2) is 58.1 Å². The lowest BCUT2D eigenvalue weighted by atomic mass is 10.0. The van der Waals surface area contributed by atoms with Crippen LogP contribution in [-0.4, -0.2) is 32.0 Å². The third-order valence-corrected chi connectivity index (χ3v) is 6.31. The zero-order valence-electron chi connectivity index (χ0n) is 18.9. The first-order valence-electron chi connectivity index (χ1n) is 10.7.